The highest BCUT2D eigenvalue weighted by molar-refractivity contribution is 5.71. The molecule has 6 nitrogen and oxygen atoms in total. The van der Waals surface area contributed by atoms with Gasteiger partial charge in [-0.05, 0) is 70.6 Å². The Bertz CT molecular complexity index is 1470. The number of hydrogen-bond acceptors (Lipinski definition) is 6. The molecule has 0 aliphatic rings. The summed E-state index contributed by atoms with van der Waals surface area (Å²) < 4.78 is 16.9. The van der Waals surface area contributed by atoms with Crippen LogP contribution in [0.5, 0.6) is 0 Å². The zero-order valence-corrected chi connectivity index (χ0v) is 55.7. The second-order valence-corrected chi connectivity index (χ2v) is 24.8. The summed E-state index contributed by atoms with van der Waals surface area (Å²) in [6.45, 7) is 6.52. The van der Waals surface area contributed by atoms with E-state index < -0.39 is 6.10 Å². The van der Waals surface area contributed by atoms with E-state index in [2.05, 4.69) is 75.5 Å². The Hall–Kier alpha value is -2.89. The maximum Gasteiger partial charge on any atom is 0.306 e. The van der Waals surface area contributed by atoms with Gasteiger partial charge in [-0.1, -0.05) is 364 Å². The molecule has 0 aromatic carbocycles. The molecule has 0 aliphatic heterocycles. The maximum absolute atomic E-state index is 12.9. The van der Waals surface area contributed by atoms with Crippen LogP contribution < -0.4 is 0 Å². The van der Waals surface area contributed by atoms with Crippen LogP contribution in [0.4, 0.5) is 0 Å². The monoisotopic (exact) mass is 1160 g/mol. The van der Waals surface area contributed by atoms with Gasteiger partial charge in [0.1, 0.15) is 13.2 Å². The fourth-order valence-corrected chi connectivity index (χ4v) is 11.0. The number of unbranched alkanes of at least 4 members (excludes halogenated alkanes) is 47. The summed E-state index contributed by atoms with van der Waals surface area (Å²) in [5.41, 5.74) is 0. The van der Waals surface area contributed by atoms with Crippen molar-refractivity contribution in [3.8, 4) is 0 Å². The Morgan fingerprint density at radius 3 is 0.807 bits per heavy atom. The lowest BCUT2D eigenvalue weighted by Crippen LogP contribution is -2.30. The molecule has 1 unspecified atom stereocenters. The summed E-state index contributed by atoms with van der Waals surface area (Å²) in [6.07, 6.45) is 93.1. The largest absolute Gasteiger partial charge is 0.462 e. The lowest BCUT2D eigenvalue weighted by molar-refractivity contribution is -0.166. The Kier molecular flexibility index (Phi) is 69.1. The number of ether oxygens (including phenoxy) is 3. The number of rotatable bonds is 68. The van der Waals surface area contributed by atoms with E-state index in [1.165, 1.54) is 283 Å². The number of hydrogen-bond donors (Lipinski definition) is 0. The molecule has 1 atom stereocenters. The van der Waals surface area contributed by atoms with Crippen molar-refractivity contribution in [2.75, 3.05) is 13.2 Å². The lowest BCUT2D eigenvalue weighted by Gasteiger charge is -2.18. The molecule has 0 saturated heterocycles. The highest BCUT2D eigenvalue weighted by atomic mass is 16.6. The molecule has 0 saturated carbocycles. The predicted molar refractivity (Wildman–Crippen MR) is 362 cm³/mol. The van der Waals surface area contributed by atoms with Gasteiger partial charge in [-0.2, -0.15) is 0 Å². The molecule has 0 rings (SSSR count). The standard InChI is InChI=1S/C77H140O6/c1-4-7-10-13-16-19-22-25-27-29-31-32-33-34-35-36-37-38-39-40-41-42-43-44-45-46-48-49-52-55-58-61-64-67-70-76(79)82-73-74(72-81-75(78)69-66-63-60-57-54-51-24-21-18-15-12-9-6-3)83-77(80)71-68-65-62-59-56-53-50-47-30-28-26-23-20-17-14-11-8-5-2/h9,12,18,21,28,30,51,54,60,63,74H,4-8,10-11,13-17,19-20,22-27,29,31-50,52-53,55-59,61-62,64-73H2,1-3H3/b12-9-,21-18-,30-28-,54-51-,63-60-. The normalized spacial score (nSPS) is 12.4. The predicted octanol–water partition coefficient (Wildman–Crippen LogP) is 25.5. The van der Waals surface area contributed by atoms with Crippen LogP contribution in [0.3, 0.4) is 0 Å². The summed E-state index contributed by atoms with van der Waals surface area (Å²) in [6, 6.07) is 0. The molecule has 0 aromatic heterocycles. The topological polar surface area (TPSA) is 78.9 Å². The van der Waals surface area contributed by atoms with Crippen molar-refractivity contribution in [2.45, 2.75) is 399 Å². The van der Waals surface area contributed by atoms with Gasteiger partial charge in [0.2, 0.25) is 0 Å². The number of esters is 3. The third-order valence-corrected chi connectivity index (χ3v) is 16.5. The third-order valence-electron chi connectivity index (χ3n) is 16.5. The van der Waals surface area contributed by atoms with Crippen molar-refractivity contribution >= 4 is 17.9 Å². The van der Waals surface area contributed by atoms with Crippen molar-refractivity contribution in [3.63, 3.8) is 0 Å². The molecule has 6 heteroatoms. The van der Waals surface area contributed by atoms with Crippen LogP contribution in [0.25, 0.3) is 0 Å². The van der Waals surface area contributed by atoms with Gasteiger partial charge in [-0.25, -0.2) is 0 Å². The first-order valence-corrected chi connectivity index (χ1v) is 36.8. The highest BCUT2D eigenvalue weighted by Crippen LogP contribution is 2.19. The second-order valence-electron chi connectivity index (χ2n) is 24.8. The van der Waals surface area contributed by atoms with Gasteiger partial charge in [-0.3, -0.25) is 14.4 Å². The zero-order valence-electron chi connectivity index (χ0n) is 55.7. The zero-order chi connectivity index (χ0) is 59.9. The maximum atomic E-state index is 12.9. The fraction of sp³-hybridized carbons (Fsp3) is 0.831. The summed E-state index contributed by atoms with van der Waals surface area (Å²) in [4.78, 5) is 38.3. The van der Waals surface area contributed by atoms with Crippen LogP contribution in [0.2, 0.25) is 0 Å². The van der Waals surface area contributed by atoms with Crippen molar-refractivity contribution in [3.05, 3.63) is 60.8 Å². The molecule has 0 amide bonds. The molecular formula is C77H140O6. The molecule has 0 aliphatic carbocycles. The van der Waals surface area contributed by atoms with E-state index >= 15 is 0 Å². The summed E-state index contributed by atoms with van der Waals surface area (Å²) in [5.74, 6) is -0.963. The Morgan fingerprint density at radius 1 is 0.253 bits per heavy atom. The van der Waals surface area contributed by atoms with Gasteiger partial charge < -0.3 is 14.2 Å². The van der Waals surface area contributed by atoms with Crippen LogP contribution in [0.1, 0.15) is 393 Å². The average Bonchev–Trinajstić information content (AvgIpc) is 3.50. The molecule has 484 valence electrons. The minimum absolute atomic E-state index is 0.0945. The molecular weight excluding hydrogens is 1020 g/mol. The molecule has 0 heterocycles. The van der Waals surface area contributed by atoms with E-state index in [1.54, 1.807) is 0 Å². The highest BCUT2D eigenvalue weighted by Gasteiger charge is 2.19. The Labute approximate surface area is 517 Å². The van der Waals surface area contributed by atoms with Gasteiger partial charge in [0, 0.05) is 19.3 Å². The van der Waals surface area contributed by atoms with Crippen LogP contribution >= 0.6 is 0 Å². The Morgan fingerprint density at radius 2 is 0.494 bits per heavy atom. The molecule has 0 fully saturated rings. The molecule has 0 bridgehead atoms. The summed E-state index contributed by atoms with van der Waals surface area (Å²) in [5, 5.41) is 0. The minimum atomic E-state index is -0.805. The first-order chi connectivity index (χ1) is 41.0. The SMILES string of the molecule is CC/C=C\C/C=C\C/C=C\C/C=C\CCC(=O)OCC(COC(=O)CCCCCCCCCCCCCCCCCCCCCCCCCCCCCCCCCCCC)OC(=O)CCCCCCCCC/C=C\CCCCCCCCC. The van der Waals surface area contributed by atoms with Gasteiger partial charge in [0.15, 0.2) is 6.10 Å². The molecule has 83 heavy (non-hydrogen) atoms. The van der Waals surface area contributed by atoms with Gasteiger partial charge in [0.05, 0.1) is 0 Å². The van der Waals surface area contributed by atoms with Crippen molar-refractivity contribution in [2.24, 2.45) is 0 Å². The molecule has 0 spiro atoms. The van der Waals surface area contributed by atoms with Crippen LogP contribution in [-0.4, -0.2) is 37.2 Å². The number of allylic oxidation sites excluding steroid dienone is 10. The van der Waals surface area contributed by atoms with E-state index in [0.29, 0.717) is 19.3 Å². The van der Waals surface area contributed by atoms with Crippen LogP contribution in [0.15, 0.2) is 60.8 Å². The average molecular weight is 1160 g/mol. The lowest BCUT2D eigenvalue weighted by atomic mass is 10.0. The van der Waals surface area contributed by atoms with Crippen LogP contribution in [0, 0.1) is 0 Å². The number of carbonyl (C=O) groups is 3. The first-order valence-electron chi connectivity index (χ1n) is 36.8. The van der Waals surface area contributed by atoms with Crippen molar-refractivity contribution in [1.29, 1.82) is 0 Å². The Balaban J connectivity index is 4.12. The molecule has 0 aromatic rings. The van der Waals surface area contributed by atoms with Gasteiger partial charge in [-0.15, -0.1) is 0 Å². The van der Waals surface area contributed by atoms with Gasteiger partial charge in [0.25, 0.3) is 0 Å². The second kappa shape index (κ2) is 71.6. The van der Waals surface area contributed by atoms with E-state index in [-0.39, 0.29) is 37.5 Å². The van der Waals surface area contributed by atoms with Crippen LogP contribution in [-0.2, 0) is 28.6 Å². The molecule has 0 radical (unpaired) electrons. The van der Waals surface area contributed by atoms with E-state index in [4.69, 9.17) is 14.2 Å². The van der Waals surface area contributed by atoms with Crippen molar-refractivity contribution < 1.29 is 28.6 Å². The quantitative estimate of drug-likeness (QED) is 0.0261. The minimum Gasteiger partial charge on any atom is -0.462 e. The molecule has 0 N–H and O–H groups in total. The third kappa shape index (κ3) is 69.8. The van der Waals surface area contributed by atoms with Gasteiger partial charge >= 0.3 is 17.9 Å². The fourth-order valence-electron chi connectivity index (χ4n) is 11.0. The van der Waals surface area contributed by atoms with Crippen molar-refractivity contribution in [1.82, 2.24) is 0 Å². The van der Waals surface area contributed by atoms with E-state index in [1.807, 2.05) is 6.08 Å². The first kappa shape index (κ1) is 80.1. The van der Waals surface area contributed by atoms with E-state index in [0.717, 1.165) is 64.2 Å². The smallest absolute Gasteiger partial charge is 0.306 e. The summed E-state index contributed by atoms with van der Waals surface area (Å²) >= 11 is 0. The summed E-state index contributed by atoms with van der Waals surface area (Å²) in [7, 11) is 0. The number of carbonyl (C=O) groups excluding carboxylic acids is 3. The van der Waals surface area contributed by atoms with E-state index in [9.17, 15) is 14.4 Å².